The largest absolute Gasteiger partial charge is 0.495 e. The highest BCUT2D eigenvalue weighted by atomic mass is 16.5. The number of rotatable bonds is 3. The summed E-state index contributed by atoms with van der Waals surface area (Å²) in [5, 5.41) is 5.17. The lowest BCUT2D eigenvalue weighted by Gasteiger charge is -2.11. The van der Waals surface area contributed by atoms with Crippen LogP contribution in [-0.2, 0) is 0 Å². The Balaban J connectivity index is 1.78. The summed E-state index contributed by atoms with van der Waals surface area (Å²) in [4.78, 5) is 17.8. The van der Waals surface area contributed by atoms with E-state index in [1.54, 1.807) is 28.6 Å². The third kappa shape index (κ3) is 2.61. The molecule has 0 atom stereocenters. The van der Waals surface area contributed by atoms with Gasteiger partial charge >= 0.3 is 0 Å². The van der Waals surface area contributed by atoms with Crippen molar-refractivity contribution in [3.8, 4) is 22.6 Å². The molecule has 6 nitrogen and oxygen atoms in total. The van der Waals surface area contributed by atoms with Crippen molar-refractivity contribution in [2.45, 2.75) is 6.92 Å². The number of aryl methyl sites for hydroxylation is 1. The highest BCUT2D eigenvalue weighted by molar-refractivity contribution is 5.86. The van der Waals surface area contributed by atoms with Crippen LogP contribution < -0.4 is 10.3 Å². The summed E-state index contributed by atoms with van der Waals surface area (Å²) in [7, 11) is 1.59. The molecule has 0 saturated heterocycles. The van der Waals surface area contributed by atoms with E-state index in [1.807, 2.05) is 67.6 Å². The summed E-state index contributed by atoms with van der Waals surface area (Å²) < 4.78 is 8.74. The Kier molecular flexibility index (Phi) is 3.91. The first-order valence-electron chi connectivity index (χ1n) is 9.27. The fourth-order valence-electron chi connectivity index (χ4n) is 3.74. The fourth-order valence-corrected chi connectivity index (χ4v) is 3.74. The van der Waals surface area contributed by atoms with Gasteiger partial charge in [-0.3, -0.25) is 9.36 Å². The van der Waals surface area contributed by atoms with Crippen molar-refractivity contribution in [1.29, 1.82) is 0 Å². The number of methoxy groups -OCH3 is 1. The van der Waals surface area contributed by atoms with Crippen molar-refractivity contribution in [3.63, 3.8) is 0 Å². The van der Waals surface area contributed by atoms with Crippen LogP contribution in [-0.4, -0.2) is 26.3 Å². The number of aromatic nitrogens is 4. The molecule has 0 amide bonds. The van der Waals surface area contributed by atoms with Crippen LogP contribution in [0.2, 0.25) is 0 Å². The second-order valence-corrected chi connectivity index (χ2v) is 6.78. The molecule has 0 radical (unpaired) electrons. The number of benzene rings is 2. The maximum atomic E-state index is 13.2. The quantitative estimate of drug-likeness (QED) is 0.473. The fraction of sp³-hybridized carbons (Fsp3) is 0.0870. The molecule has 0 fully saturated rings. The molecule has 0 spiro atoms. The number of fused-ring (bicyclic) bond motifs is 3. The van der Waals surface area contributed by atoms with Gasteiger partial charge in [0.15, 0.2) is 5.65 Å². The first-order chi connectivity index (χ1) is 14.2. The molecule has 29 heavy (non-hydrogen) atoms. The number of nitrogens with zero attached hydrogens (tertiary/aromatic N) is 4. The zero-order valence-electron chi connectivity index (χ0n) is 16.0. The smallest absolute Gasteiger partial charge is 0.266 e. The summed E-state index contributed by atoms with van der Waals surface area (Å²) in [6.45, 7) is 1.96. The second-order valence-electron chi connectivity index (χ2n) is 6.78. The maximum absolute atomic E-state index is 13.2. The number of ether oxygens (including phenoxy) is 1. The van der Waals surface area contributed by atoms with Crippen LogP contribution in [0, 0.1) is 6.92 Å². The molecular weight excluding hydrogens is 364 g/mol. The highest BCUT2D eigenvalue weighted by Crippen LogP contribution is 2.28. The van der Waals surface area contributed by atoms with E-state index in [-0.39, 0.29) is 5.56 Å². The van der Waals surface area contributed by atoms with Crippen molar-refractivity contribution in [3.05, 3.63) is 89.1 Å². The third-order valence-corrected chi connectivity index (χ3v) is 5.09. The van der Waals surface area contributed by atoms with Crippen molar-refractivity contribution in [1.82, 2.24) is 19.2 Å². The van der Waals surface area contributed by atoms with Crippen molar-refractivity contribution < 1.29 is 4.74 Å². The molecule has 3 heterocycles. The van der Waals surface area contributed by atoms with Gasteiger partial charge in [0.05, 0.1) is 29.4 Å². The van der Waals surface area contributed by atoms with Crippen molar-refractivity contribution >= 4 is 16.6 Å². The molecule has 5 aromatic rings. The first kappa shape index (κ1) is 17.2. The van der Waals surface area contributed by atoms with E-state index in [4.69, 9.17) is 4.74 Å². The summed E-state index contributed by atoms with van der Waals surface area (Å²) in [6.07, 6.45) is 3.38. The van der Waals surface area contributed by atoms with Gasteiger partial charge in [-0.25, -0.2) is 9.50 Å². The molecule has 0 saturated carbocycles. The molecule has 3 aromatic heterocycles. The van der Waals surface area contributed by atoms with Gasteiger partial charge in [-0.1, -0.05) is 42.5 Å². The molecule has 0 aliphatic carbocycles. The standard InChI is InChI=1S/C23H18N4O2/c1-15-21(16-8-4-3-5-9-16)22-24-14-17-18(27(22)25-15)12-13-26(23(17)28)19-10-6-7-11-20(19)29-2/h3-14H,1-2H3. The van der Waals surface area contributed by atoms with E-state index in [1.165, 1.54) is 0 Å². The molecule has 142 valence electrons. The lowest BCUT2D eigenvalue weighted by Crippen LogP contribution is -2.19. The van der Waals surface area contributed by atoms with Crippen LogP contribution in [0.4, 0.5) is 0 Å². The number of pyridine rings is 1. The van der Waals surface area contributed by atoms with Crippen LogP contribution >= 0.6 is 0 Å². The lowest BCUT2D eigenvalue weighted by molar-refractivity contribution is 0.412. The zero-order chi connectivity index (χ0) is 20.0. The van der Waals surface area contributed by atoms with Crippen molar-refractivity contribution in [2.75, 3.05) is 7.11 Å². The van der Waals surface area contributed by atoms with E-state index in [2.05, 4.69) is 10.1 Å². The topological polar surface area (TPSA) is 61.4 Å². The van der Waals surface area contributed by atoms with Crippen LogP contribution in [0.5, 0.6) is 5.75 Å². The maximum Gasteiger partial charge on any atom is 0.266 e. The molecular formula is C23H18N4O2. The summed E-state index contributed by atoms with van der Waals surface area (Å²) >= 11 is 0. The van der Waals surface area contributed by atoms with Gasteiger partial charge in [-0.15, -0.1) is 0 Å². The van der Waals surface area contributed by atoms with E-state index < -0.39 is 0 Å². The Labute approximate surface area is 166 Å². The predicted molar refractivity (Wildman–Crippen MR) is 113 cm³/mol. The lowest BCUT2D eigenvalue weighted by atomic mass is 10.1. The van der Waals surface area contributed by atoms with Crippen LogP contribution in [0.3, 0.4) is 0 Å². The van der Waals surface area contributed by atoms with Gasteiger partial charge in [0.1, 0.15) is 5.75 Å². The number of hydrogen-bond acceptors (Lipinski definition) is 4. The monoisotopic (exact) mass is 382 g/mol. The molecule has 0 aliphatic rings. The Morgan fingerprint density at radius 1 is 0.966 bits per heavy atom. The van der Waals surface area contributed by atoms with E-state index in [0.29, 0.717) is 16.8 Å². The first-order valence-corrected chi connectivity index (χ1v) is 9.27. The van der Waals surface area contributed by atoms with Gasteiger partial charge in [0, 0.05) is 18.0 Å². The van der Waals surface area contributed by atoms with E-state index in [9.17, 15) is 4.79 Å². The van der Waals surface area contributed by atoms with E-state index in [0.717, 1.165) is 28.0 Å². The van der Waals surface area contributed by atoms with Crippen LogP contribution in [0.15, 0.2) is 77.9 Å². The molecule has 6 heteroatoms. The van der Waals surface area contributed by atoms with Gasteiger partial charge in [-0.2, -0.15) is 5.10 Å². The van der Waals surface area contributed by atoms with Crippen molar-refractivity contribution in [2.24, 2.45) is 0 Å². The molecule has 2 aromatic carbocycles. The van der Waals surface area contributed by atoms with Crippen LogP contribution in [0.25, 0.3) is 33.4 Å². The minimum absolute atomic E-state index is 0.171. The highest BCUT2D eigenvalue weighted by Gasteiger charge is 2.17. The Hall–Kier alpha value is -3.93. The summed E-state index contributed by atoms with van der Waals surface area (Å²) in [6, 6.07) is 19.4. The van der Waals surface area contributed by atoms with Crippen LogP contribution in [0.1, 0.15) is 5.69 Å². The zero-order valence-corrected chi connectivity index (χ0v) is 16.0. The Bertz CT molecular complexity index is 1420. The minimum atomic E-state index is -0.171. The summed E-state index contributed by atoms with van der Waals surface area (Å²) in [5.74, 6) is 0.629. The molecule has 0 aliphatic heterocycles. The third-order valence-electron chi connectivity index (χ3n) is 5.09. The summed E-state index contributed by atoms with van der Waals surface area (Å²) in [5.41, 5.74) is 4.85. The van der Waals surface area contributed by atoms with Gasteiger partial charge in [0.2, 0.25) is 0 Å². The van der Waals surface area contributed by atoms with E-state index >= 15 is 0 Å². The molecule has 0 bridgehead atoms. The average molecular weight is 382 g/mol. The molecule has 5 rings (SSSR count). The minimum Gasteiger partial charge on any atom is -0.495 e. The second kappa shape index (κ2) is 6.60. The predicted octanol–water partition coefficient (Wildman–Crippen LogP) is 4.02. The average Bonchev–Trinajstić information content (AvgIpc) is 3.11. The number of para-hydroxylation sites is 2. The molecule has 0 unspecified atom stereocenters. The SMILES string of the molecule is COc1ccccc1-n1ccc2c(cnc3c(-c4ccccc4)c(C)nn32)c1=O. The number of hydrogen-bond donors (Lipinski definition) is 0. The van der Waals surface area contributed by atoms with Gasteiger partial charge < -0.3 is 4.74 Å². The Morgan fingerprint density at radius 3 is 2.52 bits per heavy atom. The Morgan fingerprint density at radius 2 is 1.72 bits per heavy atom. The molecule has 0 N–H and O–H groups in total. The van der Waals surface area contributed by atoms with Gasteiger partial charge in [0.25, 0.3) is 5.56 Å². The normalized spacial score (nSPS) is 11.2. The van der Waals surface area contributed by atoms with Gasteiger partial charge in [-0.05, 0) is 30.7 Å².